The lowest BCUT2D eigenvalue weighted by molar-refractivity contribution is -0.162. The van der Waals surface area contributed by atoms with Gasteiger partial charge in [0.1, 0.15) is 11.5 Å². The van der Waals surface area contributed by atoms with Gasteiger partial charge in [-0.2, -0.15) is 0 Å². The van der Waals surface area contributed by atoms with Gasteiger partial charge >= 0.3 is 11.9 Å². The molecule has 0 N–H and O–H groups in total. The normalized spacial score (nSPS) is 28.3. The molecule has 3 rings (SSSR count). The van der Waals surface area contributed by atoms with Crippen LogP contribution in [0, 0.1) is 16.7 Å². The molecule has 0 radical (unpaired) electrons. The van der Waals surface area contributed by atoms with Gasteiger partial charge in [0, 0.05) is 16.9 Å². The number of esters is 2. The Morgan fingerprint density at radius 2 is 1.91 bits per heavy atom. The molecule has 0 bridgehead atoms. The summed E-state index contributed by atoms with van der Waals surface area (Å²) in [7, 11) is 0. The van der Waals surface area contributed by atoms with Crippen LogP contribution in [-0.4, -0.2) is 24.3 Å². The van der Waals surface area contributed by atoms with Crippen LogP contribution in [0.2, 0.25) is 0 Å². The minimum atomic E-state index is -1.52. The van der Waals surface area contributed by atoms with Crippen LogP contribution in [0.1, 0.15) is 39.2 Å². The van der Waals surface area contributed by atoms with E-state index in [1.807, 2.05) is 6.07 Å². The lowest BCUT2D eigenvalue weighted by Crippen LogP contribution is -2.38. The molecular weight excluding hydrogens is 296 g/mol. The molecule has 23 heavy (non-hydrogen) atoms. The Labute approximate surface area is 135 Å². The minimum absolute atomic E-state index is 0.121. The van der Waals surface area contributed by atoms with Crippen LogP contribution < -0.4 is 4.74 Å². The Balaban J connectivity index is 2.12. The van der Waals surface area contributed by atoms with E-state index in [-0.39, 0.29) is 12.4 Å². The fourth-order valence-corrected chi connectivity index (χ4v) is 3.49. The molecule has 1 fully saturated rings. The molecule has 3 unspecified atom stereocenters. The number of carbonyl (C=O) groups excluding carboxylic acids is 3. The van der Waals surface area contributed by atoms with Crippen LogP contribution in [0.15, 0.2) is 24.3 Å². The fraction of sp³-hybridized carbons (Fsp3) is 0.500. The SMILES string of the molecule is CCOC(=O)C12C(=O)Oc3ccccc3C1C2C(=O)C(C)(C)C. The second-order valence-corrected chi connectivity index (χ2v) is 7.09. The van der Waals surface area contributed by atoms with Gasteiger partial charge in [-0.3, -0.25) is 14.4 Å². The van der Waals surface area contributed by atoms with Crippen LogP contribution >= 0.6 is 0 Å². The van der Waals surface area contributed by atoms with Gasteiger partial charge in [0.2, 0.25) is 0 Å². The van der Waals surface area contributed by atoms with Gasteiger partial charge in [-0.15, -0.1) is 0 Å². The molecular formula is C18H20O5. The Hall–Kier alpha value is -2.17. The molecule has 1 aliphatic heterocycles. The first-order valence-electron chi connectivity index (χ1n) is 7.79. The van der Waals surface area contributed by atoms with Crippen molar-refractivity contribution in [2.75, 3.05) is 6.61 Å². The van der Waals surface area contributed by atoms with Crippen LogP contribution in [0.4, 0.5) is 0 Å². The van der Waals surface area contributed by atoms with Crippen molar-refractivity contribution in [1.82, 2.24) is 0 Å². The van der Waals surface area contributed by atoms with E-state index < -0.39 is 34.6 Å². The second kappa shape index (κ2) is 4.91. The van der Waals surface area contributed by atoms with Crippen LogP contribution in [-0.2, 0) is 19.1 Å². The zero-order valence-electron chi connectivity index (χ0n) is 13.7. The highest BCUT2D eigenvalue weighted by atomic mass is 16.6. The van der Waals surface area contributed by atoms with Crippen LogP contribution in [0.3, 0.4) is 0 Å². The first-order chi connectivity index (χ1) is 10.8. The Bertz CT molecular complexity index is 700. The van der Waals surface area contributed by atoms with Gasteiger partial charge in [-0.05, 0) is 13.0 Å². The zero-order valence-corrected chi connectivity index (χ0v) is 13.7. The van der Waals surface area contributed by atoms with Crippen molar-refractivity contribution in [3.8, 4) is 5.75 Å². The molecule has 3 atom stereocenters. The Morgan fingerprint density at radius 3 is 2.52 bits per heavy atom. The van der Waals surface area contributed by atoms with E-state index in [1.54, 1.807) is 45.9 Å². The van der Waals surface area contributed by atoms with Gasteiger partial charge < -0.3 is 9.47 Å². The van der Waals surface area contributed by atoms with E-state index in [2.05, 4.69) is 0 Å². The number of carbonyl (C=O) groups is 3. The number of ketones is 1. The molecule has 1 heterocycles. The molecule has 1 aromatic carbocycles. The zero-order chi connectivity index (χ0) is 17.0. The van der Waals surface area contributed by atoms with Crippen molar-refractivity contribution in [2.24, 2.45) is 16.7 Å². The van der Waals surface area contributed by atoms with Crippen molar-refractivity contribution in [3.05, 3.63) is 29.8 Å². The lowest BCUT2D eigenvalue weighted by Gasteiger charge is -2.22. The minimum Gasteiger partial charge on any atom is -0.465 e. The number of ether oxygens (including phenoxy) is 2. The van der Waals surface area contributed by atoms with E-state index in [1.165, 1.54) is 0 Å². The summed E-state index contributed by atoms with van der Waals surface area (Å²) in [6.45, 7) is 7.19. The van der Waals surface area contributed by atoms with E-state index >= 15 is 0 Å². The smallest absolute Gasteiger partial charge is 0.330 e. The summed E-state index contributed by atoms with van der Waals surface area (Å²) >= 11 is 0. The maximum Gasteiger partial charge on any atom is 0.330 e. The van der Waals surface area contributed by atoms with E-state index in [0.717, 1.165) is 5.56 Å². The number of hydrogen-bond acceptors (Lipinski definition) is 5. The molecule has 1 saturated carbocycles. The van der Waals surface area contributed by atoms with Crippen molar-refractivity contribution in [1.29, 1.82) is 0 Å². The number of hydrogen-bond donors (Lipinski definition) is 0. The topological polar surface area (TPSA) is 69.7 Å². The number of fused-ring (bicyclic) bond motifs is 3. The quantitative estimate of drug-likeness (QED) is 0.487. The summed E-state index contributed by atoms with van der Waals surface area (Å²) in [4.78, 5) is 38.0. The monoisotopic (exact) mass is 316 g/mol. The maximum atomic E-state index is 12.8. The molecule has 0 aromatic heterocycles. The molecule has 5 heteroatoms. The summed E-state index contributed by atoms with van der Waals surface area (Å²) in [6, 6.07) is 7.05. The van der Waals surface area contributed by atoms with E-state index in [0.29, 0.717) is 5.75 Å². The van der Waals surface area contributed by atoms with Crippen molar-refractivity contribution in [2.45, 2.75) is 33.6 Å². The van der Waals surface area contributed by atoms with Gasteiger partial charge in [0.05, 0.1) is 12.5 Å². The van der Waals surface area contributed by atoms with Crippen molar-refractivity contribution in [3.63, 3.8) is 0 Å². The van der Waals surface area contributed by atoms with Gasteiger partial charge in [-0.25, -0.2) is 0 Å². The summed E-state index contributed by atoms with van der Waals surface area (Å²) in [5, 5.41) is 0. The van der Waals surface area contributed by atoms with Crippen LogP contribution in [0.25, 0.3) is 0 Å². The van der Waals surface area contributed by atoms with E-state index in [4.69, 9.17) is 9.47 Å². The molecule has 1 aliphatic carbocycles. The summed E-state index contributed by atoms with van der Waals surface area (Å²) < 4.78 is 10.5. The third kappa shape index (κ3) is 2.02. The highest BCUT2D eigenvalue weighted by molar-refractivity contribution is 6.15. The number of rotatable bonds is 3. The molecule has 5 nitrogen and oxygen atoms in total. The first kappa shape index (κ1) is 15.7. The van der Waals surface area contributed by atoms with Crippen molar-refractivity contribution < 1.29 is 23.9 Å². The number of para-hydroxylation sites is 1. The Kier molecular flexibility index (Phi) is 3.36. The standard InChI is InChI=1S/C18H20O5/c1-5-22-15(20)18-12(13(18)14(19)17(2,3)4)10-8-6-7-9-11(10)23-16(18)21/h6-9,12-13H,5H2,1-4H3. The molecule has 122 valence electrons. The summed E-state index contributed by atoms with van der Waals surface area (Å²) in [5.41, 5.74) is -1.45. The average Bonchev–Trinajstić information content (AvgIpc) is 3.18. The number of benzene rings is 1. The third-order valence-electron chi connectivity index (χ3n) is 4.63. The third-order valence-corrected chi connectivity index (χ3v) is 4.63. The van der Waals surface area contributed by atoms with Crippen molar-refractivity contribution >= 4 is 17.7 Å². The largest absolute Gasteiger partial charge is 0.465 e. The Morgan fingerprint density at radius 1 is 1.26 bits per heavy atom. The molecule has 0 spiro atoms. The summed E-state index contributed by atoms with van der Waals surface area (Å²) in [5.74, 6) is -2.26. The lowest BCUT2D eigenvalue weighted by atomic mass is 9.85. The first-order valence-corrected chi connectivity index (χ1v) is 7.79. The molecule has 0 amide bonds. The number of Topliss-reactive ketones (excluding diaryl/α,β-unsaturated/α-hetero) is 1. The fourth-order valence-electron chi connectivity index (χ4n) is 3.49. The van der Waals surface area contributed by atoms with Crippen LogP contribution in [0.5, 0.6) is 5.75 Å². The molecule has 0 saturated heterocycles. The predicted octanol–water partition coefficient (Wildman–Crippen LogP) is 2.48. The second-order valence-electron chi connectivity index (χ2n) is 7.09. The summed E-state index contributed by atoms with van der Waals surface area (Å²) in [6.07, 6.45) is 0. The van der Waals surface area contributed by atoms with Gasteiger partial charge in [0.15, 0.2) is 5.41 Å². The molecule has 1 aromatic rings. The highest BCUT2D eigenvalue weighted by Gasteiger charge is 2.82. The average molecular weight is 316 g/mol. The van der Waals surface area contributed by atoms with E-state index in [9.17, 15) is 14.4 Å². The predicted molar refractivity (Wildman–Crippen MR) is 81.8 cm³/mol. The molecule has 2 aliphatic rings. The highest BCUT2D eigenvalue weighted by Crippen LogP contribution is 2.70. The maximum absolute atomic E-state index is 12.8. The van der Waals surface area contributed by atoms with Gasteiger partial charge in [0.25, 0.3) is 0 Å². The van der Waals surface area contributed by atoms with Gasteiger partial charge in [-0.1, -0.05) is 39.0 Å².